The Morgan fingerprint density at radius 1 is 1.03 bits per heavy atom. The average Bonchev–Trinajstić information content (AvgIpc) is 3.37. The molecule has 2 heterocycles. The summed E-state index contributed by atoms with van der Waals surface area (Å²) in [5.74, 6) is -0.342. The van der Waals surface area contributed by atoms with Gasteiger partial charge in [-0.2, -0.15) is 0 Å². The number of hydrogen-bond acceptors (Lipinski definition) is 4. The molecule has 1 aromatic heterocycles. The molecule has 1 saturated carbocycles. The van der Waals surface area contributed by atoms with Crippen LogP contribution in [0.1, 0.15) is 65.0 Å². The highest BCUT2D eigenvalue weighted by Gasteiger charge is 2.29. The number of carbonyl (C=O) groups is 2. The van der Waals surface area contributed by atoms with Crippen molar-refractivity contribution in [1.82, 2.24) is 10.2 Å². The van der Waals surface area contributed by atoms with Crippen LogP contribution in [0, 0.1) is 0 Å². The van der Waals surface area contributed by atoms with E-state index < -0.39 is 0 Å². The maximum atomic E-state index is 12.8. The molecule has 5 nitrogen and oxygen atoms in total. The minimum absolute atomic E-state index is 0.119. The van der Waals surface area contributed by atoms with E-state index in [0.717, 1.165) is 19.5 Å². The van der Waals surface area contributed by atoms with Crippen molar-refractivity contribution in [2.75, 3.05) is 18.4 Å². The Morgan fingerprint density at radius 2 is 1.83 bits per heavy atom. The van der Waals surface area contributed by atoms with Crippen molar-refractivity contribution in [3.05, 3.63) is 51.2 Å². The molecule has 2 fully saturated rings. The van der Waals surface area contributed by atoms with Gasteiger partial charge in [-0.15, -0.1) is 11.3 Å². The van der Waals surface area contributed by atoms with E-state index >= 15 is 0 Å². The van der Waals surface area contributed by atoms with Crippen LogP contribution in [0.4, 0.5) is 5.69 Å². The fourth-order valence-electron chi connectivity index (χ4n) is 4.48. The summed E-state index contributed by atoms with van der Waals surface area (Å²) >= 11 is 7.61. The van der Waals surface area contributed by atoms with Gasteiger partial charge in [0.05, 0.1) is 15.6 Å². The van der Waals surface area contributed by atoms with E-state index in [-0.39, 0.29) is 17.9 Å². The Labute approximate surface area is 186 Å². The van der Waals surface area contributed by atoms with E-state index in [0.29, 0.717) is 27.2 Å². The Balaban J connectivity index is 1.36. The maximum absolute atomic E-state index is 12.8. The van der Waals surface area contributed by atoms with Crippen molar-refractivity contribution in [2.45, 2.75) is 57.0 Å². The predicted octanol–water partition coefficient (Wildman–Crippen LogP) is 5.18. The number of benzene rings is 1. The smallest absolute Gasteiger partial charge is 0.265 e. The van der Waals surface area contributed by atoms with Gasteiger partial charge in [-0.3, -0.25) is 14.5 Å². The van der Waals surface area contributed by atoms with Gasteiger partial charge in [-0.25, -0.2) is 0 Å². The van der Waals surface area contributed by atoms with E-state index in [1.807, 2.05) is 11.4 Å². The molecular formula is C23H28ClN3O2S. The molecule has 1 aliphatic carbocycles. The molecule has 0 bridgehead atoms. The zero-order chi connectivity index (χ0) is 20.9. The van der Waals surface area contributed by atoms with Crippen LogP contribution in [-0.2, 0) is 0 Å². The summed E-state index contributed by atoms with van der Waals surface area (Å²) in [5.41, 5.74) is 0.961. The van der Waals surface area contributed by atoms with Crippen molar-refractivity contribution >= 4 is 40.4 Å². The third kappa shape index (κ3) is 5.23. The number of carbonyl (C=O) groups excluding carboxylic acids is 2. The minimum Gasteiger partial charge on any atom is -0.348 e. The molecule has 4 rings (SSSR count). The molecule has 2 amide bonds. The van der Waals surface area contributed by atoms with Gasteiger partial charge in [0.25, 0.3) is 11.8 Å². The fraction of sp³-hybridized carbons (Fsp3) is 0.478. The lowest BCUT2D eigenvalue weighted by Gasteiger charge is -2.26. The molecule has 0 radical (unpaired) electrons. The maximum Gasteiger partial charge on any atom is 0.265 e. The molecule has 1 atom stereocenters. The number of thiophene rings is 1. The Kier molecular flexibility index (Phi) is 7.08. The number of likely N-dealkylation sites (tertiary alicyclic amines) is 1. The van der Waals surface area contributed by atoms with Crippen molar-refractivity contribution in [1.29, 1.82) is 0 Å². The van der Waals surface area contributed by atoms with Crippen molar-refractivity contribution in [3.63, 3.8) is 0 Å². The second-order valence-corrected chi connectivity index (χ2v) is 9.58. The summed E-state index contributed by atoms with van der Waals surface area (Å²) in [6, 6.07) is 9.44. The van der Waals surface area contributed by atoms with E-state index in [9.17, 15) is 9.59 Å². The fourth-order valence-corrected chi connectivity index (χ4v) is 5.27. The topological polar surface area (TPSA) is 61.4 Å². The third-order valence-electron chi connectivity index (χ3n) is 6.12. The summed E-state index contributed by atoms with van der Waals surface area (Å²) in [7, 11) is 0. The first kappa shape index (κ1) is 21.3. The van der Waals surface area contributed by atoms with E-state index in [1.165, 1.54) is 49.9 Å². The average molecular weight is 446 g/mol. The molecule has 30 heavy (non-hydrogen) atoms. The zero-order valence-electron chi connectivity index (χ0n) is 17.0. The number of halogens is 1. The van der Waals surface area contributed by atoms with Crippen molar-refractivity contribution in [3.8, 4) is 0 Å². The Morgan fingerprint density at radius 3 is 2.57 bits per heavy atom. The molecule has 1 aromatic carbocycles. The van der Waals surface area contributed by atoms with Gasteiger partial charge in [0.15, 0.2) is 0 Å². The van der Waals surface area contributed by atoms with Gasteiger partial charge in [0.2, 0.25) is 0 Å². The van der Waals surface area contributed by atoms with Gasteiger partial charge < -0.3 is 10.6 Å². The lowest BCUT2D eigenvalue weighted by molar-refractivity contribution is 0.0934. The number of hydrogen-bond donors (Lipinski definition) is 2. The molecule has 1 saturated heterocycles. The number of anilines is 1. The van der Waals surface area contributed by atoms with Gasteiger partial charge >= 0.3 is 0 Å². The van der Waals surface area contributed by atoms with Crippen LogP contribution >= 0.6 is 22.9 Å². The largest absolute Gasteiger partial charge is 0.348 e. The summed E-state index contributed by atoms with van der Waals surface area (Å²) in [6.45, 7) is 1.98. The summed E-state index contributed by atoms with van der Waals surface area (Å²) < 4.78 is 0. The molecule has 2 aliphatic rings. The molecule has 160 valence electrons. The highest BCUT2D eigenvalue weighted by atomic mass is 35.5. The van der Waals surface area contributed by atoms with Crippen LogP contribution in [0.5, 0.6) is 0 Å². The lowest BCUT2D eigenvalue weighted by atomic mass is 10.1. The monoisotopic (exact) mass is 445 g/mol. The highest BCUT2D eigenvalue weighted by Crippen LogP contribution is 2.26. The van der Waals surface area contributed by atoms with Gasteiger partial charge in [-0.05, 0) is 48.9 Å². The van der Waals surface area contributed by atoms with E-state index in [4.69, 9.17) is 11.6 Å². The highest BCUT2D eigenvalue weighted by molar-refractivity contribution is 7.12. The second-order valence-electron chi connectivity index (χ2n) is 8.23. The molecular weight excluding hydrogens is 418 g/mol. The van der Waals surface area contributed by atoms with Crippen LogP contribution < -0.4 is 10.6 Å². The first-order chi connectivity index (χ1) is 14.6. The van der Waals surface area contributed by atoms with Crippen LogP contribution in [0.2, 0.25) is 5.02 Å². The SMILES string of the molecule is O=C(NC1CCN(C2CCCCCC2)C1)c1ccc(Cl)c(NC(=O)c2cccs2)c1. The first-order valence-corrected chi connectivity index (χ1v) is 12.1. The zero-order valence-corrected chi connectivity index (χ0v) is 18.6. The predicted molar refractivity (Wildman–Crippen MR) is 123 cm³/mol. The van der Waals surface area contributed by atoms with Gasteiger partial charge in [0.1, 0.15) is 0 Å². The van der Waals surface area contributed by atoms with Crippen LogP contribution in [0.3, 0.4) is 0 Å². The Hall–Kier alpha value is -1.89. The number of amides is 2. The standard InChI is InChI=1S/C23H28ClN3O2S/c24-19-10-9-16(14-20(19)26-23(29)21-8-5-13-30-21)22(28)25-17-11-12-27(15-17)18-6-3-1-2-4-7-18/h5,8-10,13-14,17-18H,1-4,6-7,11-12,15H2,(H,25,28)(H,26,29). The van der Waals surface area contributed by atoms with E-state index in [1.54, 1.807) is 24.3 Å². The molecule has 0 spiro atoms. The lowest BCUT2D eigenvalue weighted by Crippen LogP contribution is -2.39. The number of rotatable bonds is 5. The van der Waals surface area contributed by atoms with Crippen molar-refractivity contribution < 1.29 is 9.59 Å². The molecule has 1 aliphatic heterocycles. The van der Waals surface area contributed by atoms with Crippen LogP contribution in [0.25, 0.3) is 0 Å². The van der Waals surface area contributed by atoms with Crippen molar-refractivity contribution in [2.24, 2.45) is 0 Å². The van der Waals surface area contributed by atoms with Gasteiger partial charge in [-0.1, -0.05) is 43.4 Å². The van der Waals surface area contributed by atoms with Crippen LogP contribution in [0.15, 0.2) is 35.7 Å². The summed E-state index contributed by atoms with van der Waals surface area (Å²) in [6.07, 6.45) is 8.90. The second kappa shape index (κ2) is 9.94. The summed E-state index contributed by atoms with van der Waals surface area (Å²) in [4.78, 5) is 28.3. The molecule has 1 unspecified atom stereocenters. The normalized spacial score (nSPS) is 20.6. The van der Waals surface area contributed by atoms with E-state index in [2.05, 4.69) is 15.5 Å². The molecule has 7 heteroatoms. The number of nitrogens with zero attached hydrogens (tertiary/aromatic N) is 1. The van der Waals surface area contributed by atoms with Crippen LogP contribution in [-0.4, -0.2) is 41.9 Å². The Bertz CT molecular complexity index is 879. The number of nitrogens with one attached hydrogen (secondary N) is 2. The third-order valence-corrected chi connectivity index (χ3v) is 7.32. The molecule has 2 aromatic rings. The molecule has 2 N–H and O–H groups in total. The summed E-state index contributed by atoms with van der Waals surface area (Å²) in [5, 5.41) is 8.24. The van der Waals surface area contributed by atoms with Gasteiger partial charge in [0, 0.05) is 30.7 Å². The quantitative estimate of drug-likeness (QED) is 0.623. The first-order valence-electron chi connectivity index (χ1n) is 10.8. The minimum atomic E-state index is -0.223.